The zero-order chi connectivity index (χ0) is 40.8. The number of hydrogen-bond donors (Lipinski definition) is 0. The first kappa shape index (κ1) is 53.6. The molecule has 0 N–H and O–H groups in total. The van der Waals surface area contributed by atoms with E-state index in [1.54, 1.807) is 0 Å². The van der Waals surface area contributed by atoms with E-state index in [4.69, 9.17) is 14.2 Å². The van der Waals surface area contributed by atoms with Crippen molar-refractivity contribution in [2.75, 3.05) is 13.2 Å². The summed E-state index contributed by atoms with van der Waals surface area (Å²) in [6, 6.07) is 0. The Hall–Kier alpha value is -2.37. The van der Waals surface area contributed by atoms with Gasteiger partial charge in [-0.1, -0.05) is 211 Å². The topological polar surface area (TPSA) is 78.9 Å². The van der Waals surface area contributed by atoms with Gasteiger partial charge in [-0.05, 0) is 51.4 Å². The molecule has 0 saturated carbocycles. The van der Waals surface area contributed by atoms with Crippen molar-refractivity contribution in [2.45, 2.75) is 252 Å². The summed E-state index contributed by atoms with van der Waals surface area (Å²) < 4.78 is 16.7. The van der Waals surface area contributed by atoms with Gasteiger partial charge < -0.3 is 14.2 Å². The maximum atomic E-state index is 12.7. The van der Waals surface area contributed by atoms with Gasteiger partial charge in [-0.3, -0.25) is 14.4 Å². The van der Waals surface area contributed by atoms with E-state index in [2.05, 4.69) is 57.2 Å². The molecule has 0 aromatic heterocycles. The Kier molecular flexibility index (Phi) is 43.4. The van der Waals surface area contributed by atoms with E-state index in [0.717, 1.165) is 83.5 Å². The second-order valence-electron chi connectivity index (χ2n) is 16.0. The quantitative estimate of drug-likeness (QED) is 0.0265. The third-order valence-electron chi connectivity index (χ3n) is 10.4. The van der Waals surface area contributed by atoms with E-state index >= 15 is 0 Å². The summed E-state index contributed by atoms with van der Waals surface area (Å²) in [6.07, 6.45) is 51.3. The molecule has 0 bridgehead atoms. The first-order chi connectivity index (χ1) is 27.5. The molecule has 0 radical (unpaired) electrons. The number of unbranched alkanes of at least 4 members (excludes halogenated alkanes) is 26. The molecule has 0 aliphatic heterocycles. The zero-order valence-electron chi connectivity index (χ0n) is 37.2. The molecule has 0 aromatic rings. The van der Waals surface area contributed by atoms with Crippen LogP contribution in [0.1, 0.15) is 245 Å². The van der Waals surface area contributed by atoms with Crippen LogP contribution in [0.25, 0.3) is 0 Å². The number of ether oxygens (including phenoxy) is 3. The molecule has 0 fully saturated rings. The van der Waals surface area contributed by atoms with Gasteiger partial charge in [-0.2, -0.15) is 0 Å². The number of rotatable bonds is 43. The van der Waals surface area contributed by atoms with Crippen molar-refractivity contribution in [3.05, 3.63) is 36.5 Å². The smallest absolute Gasteiger partial charge is 0.306 e. The molecule has 326 valence electrons. The summed E-state index contributed by atoms with van der Waals surface area (Å²) in [6.45, 7) is 6.50. The van der Waals surface area contributed by atoms with Crippen molar-refractivity contribution in [3.8, 4) is 0 Å². The molecule has 1 unspecified atom stereocenters. The molecular formula is C50H90O6. The Morgan fingerprint density at radius 2 is 0.696 bits per heavy atom. The minimum Gasteiger partial charge on any atom is -0.462 e. The largest absolute Gasteiger partial charge is 0.462 e. The van der Waals surface area contributed by atoms with Crippen LogP contribution in [0.5, 0.6) is 0 Å². The normalized spacial score (nSPS) is 12.3. The summed E-state index contributed by atoms with van der Waals surface area (Å²) in [7, 11) is 0. The number of carbonyl (C=O) groups is 3. The van der Waals surface area contributed by atoms with Gasteiger partial charge in [0.2, 0.25) is 0 Å². The van der Waals surface area contributed by atoms with Gasteiger partial charge in [0, 0.05) is 19.3 Å². The Balaban J connectivity index is 4.30. The van der Waals surface area contributed by atoms with Crippen molar-refractivity contribution in [2.24, 2.45) is 0 Å². The van der Waals surface area contributed by atoms with Crippen molar-refractivity contribution in [3.63, 3.8) is 0 Å². The number of allylic oxidation sites excluding steroid dienone is 6. The van der Waals surface area contributed by atoms with Crippen LogP contribution in [0.4, 0.5) is 0 Å². The molecule has 0 saturated heterocycles. The van der Waals surface area contributed by atoms with Crippen LogP contribution < -0.4 is 0 Å². The Labute approximate surface area is 346 Å². The lowest BCUT2D eigenvalue weighted by Gasteiger charge is -2.18. The van der Waals surface area contributed by atoms with Crippen LogP contribution in [0.15, 0.2) is 36.5 Å². The van der Waals surface area contributed by atoms with Gasteiger partial charge in [0.15, 0.2) is 6.10 Å². The summed E-state index contributed by atoms with van der Waals surface area (Å²) >= 11 is 0. The Bertz CT molecular complexity index is 953. The van der Waals surface area contributed by atoms with E-state index in [-0.39, 0.29) is 31.1 Å². The molecule has 0 amide bonds. The summed E-state index contributed by atoms with van der Waals surface area (Å²) in [5.41, 5.74) is 0. The van der Waals surface area contributed by atoms with Gasteiger partial charge in [0.25, 0.3) is 0 Å². The molecule has 6 nitrogen and oxygen atoms in total. The lowest BCUT2D eigenvalue weighted by molar-refractivity contribution is -0.167. The van der Waals surface area contributed by atoms with E-state index in [1.165, 1.54) is 122 Å². The highest BCUT2D eigenvalue weighted by molar-refractivity contribution is 5.71. The zero-order valence-corrected chi connectivity index (χ0v) is 37.2. The fraction of sp³-hybridized carbons (Fsp3) is 0.820. The Morgan fingerprint density at radius 3 is 1.09 bits per heavy atom. The predicted octanol–water partition coefficient (Wildman–Crippen LogP) is 15.4. The Morgan fingerprint density at radius 1 is 0.375 bits per heavy atom. The molecular weight excluding hydrogens is 697 g/mol. The minimum absolute atomic E-state index is 0.0722. The number of hydrogen-bond acceptors (Lipinski definition) is 6. The third-order valence-corrected chi connectivity index (χ3v) is 10.4. The SMILES string of the molecule is CC/C=C\C/C=C\C/C=C\CCCCCCCCCC(=O)OCC(COC(=O)CCCCCCCCCC)OC(=O)CCCCCCCCCCCCCCC. The summed E-state index contributed by atoms with van der Waals surface area (Å²) in [5, 5.41) is 0. The van der Waals surface area contributed by atoms with Gasteiger partial charge in [0.05, 0.1) is 0 Å². The predicted molar refractivity (Wildman–Crippen MR) is 238 cm³/mol. The van der Waals surface area contributed by atoms with E-state index < -0.39 is 6.10 Å². The highest BCUT2D eigenvalue weighted by atomic mass is 16.6. The molecule has 0 aromatic carbocycles. The highest BCUT2D eigenvalue weighted by Gasteiger charge is 2.19. The van der Waals surface area contributed by atoms with E-state index in [1.807, 2.05) is 0 Å². The van der Waals surface area contributed by atoms with Crippen LogP contribution in [-0.4, -0.2) is 37.2 Å². The average molecular weight is 787 g/mol. The second kappa shape index (κ2) is 45.3. The minimum atomic E-state index is -0.768. The highest BCUT2D eigenvalue weighted by Crippen LogP contribution is 2.15. The van der Waals surface area contributed by atoms with E-state index in [0.29, 0.717) is 19.3 Å². The second-order valence-corrected chi connectivity index (χ2v) is 16.0. The molecule has 0 aliphatic rings. The van der Waals surface area contributed by atoms with Crippen LogP contribution in [0.2, 0.25) is 0 Å². The van der Waals surface area contributed by atoms with Crippen LogP contribution in [0.3, 0.4) is 0 Å². The van der Waals surface area contributed by atoms with E-state index in [9.17, 15) is 14.4 Å². The maximum absolute atomic E-state index is 12.7. The number of esters is 3. The summed E-state index contributed by atoms with van der Waals surface area (Å²) in [4.78, 5) is 37.7. The van der Waals surface area contributed by atoms with Crippen LogP contribution in [0, 0.1) is 0 Å². The third kappa shape index (κ3) is 42.8. The summed E-state index contributed by atoms with van der Waals surface area (Å²) in [5.74, 6) is -0.880. The lowest BCUT2D eigenvalue weighted by atomic mass is 10.0. The lowest BCUT2D eigenvalue weighted by Crippen LogP contribution is -2.30. The fourth-order valence-electron chi connectivity index (χ4n) is 6.81. The molecule has 1 atom stereocenters. The molecule has 0 rings (SSSR count). The average Bonchev–Trinajstić information content (AvgIpc) is 3.19. The molecule has 6 heteroatoms. The molecule has 0 spiro atoms. The van der Waals surface area contributed by atoms with Crippen molar-refractivity contribution in [1.29, 1.82) is 0 Å². The first-order valence-corrected chi connectivity index (χ1v) is 24.0. The first-order valence-electron chi connectivity index (χ1n) is 24.0. The van der Waals surface area contributed by atoms with Crippen molar-refractivity contribution >= 4 is 17.9 Å². The van der Waals surface area contributed by atoms with Gasteiger partial charge in [-0.25, -0.2) is 0 Å². The monoisotopic (exact) mass is 787 g/mol. The molecule has 0 heterocycles. The fourth-order valence-corrected chi connectivity index (χ4v) is 6.81. The standard InChI is InChI=1S/C50H90O6/c1-4-7-10-13-16-19-21-23-24-25-26-28-29-31-34-37-40-43-49(52)55-46-47(45-54-48(51)42-39-36-33-18-15-12-9-6-3)56-50(53)44-41-38-35-32-30-27-22-20-17-14-11-8-5-2/h7,10,16,19,23-24,47H,4-6,8-9,11-15,17-18,20-22,25-46H2,1-3H3/b10-7-,19-16-,24-23-. The van der Waals surface area contributed by atoms with Gasteiger partial charge in [0.1, 0.15) is 13.2 Å². The van der Waals surface area contributed by atoms with Gasteiger partial charge in [-0.15, -0.1) is 0 Å². The van der Waals surface area contributed by atoms with Crippen LogP contribution >= 0.6 is 0 Å². The number of carbonyl (C=O) groups excluding carboxylic acids is 3. The van der Waals surface area contributed by atoms with Crippen LogP contribution in [-0.2, 0) is 28.6 Å². The molecule has 0 aliphatic carbocycles. The van der Waals surface area contributed by atoms with Crippen molar-refractivity contribution in [1.82, 2.24) is 0 Å². The maximum Gasteiger partial charge on any atom is 0.306 e. The molecule has 56 heavy (non-hydrogen) atoms. The van der Waals surface area contributed by atoms with Gasteiger partial charge >= 0.3 is 17.9 Å². The van der Waals surface area contributed by atoms with Crippen molar-refractivity contribution < 1.29 is 28.6 Å².